The summed E-state index contributed by atoms with van der Waals surface area (Å²) in [5.41, 5.74) is 2.38. The van der Waals surface area contributed by atoms with Gasteiger partial charge in [0.2, 0.25) is 0 Å². The minimum absolute atomic E-state index is 1.19. The van der Waals surface area contributed by atoms with E-state index >= 15 is 0 Å². The number of hydrogen-bond acceptors (Lipinski definition) is 6. The van der Waals surface area contributed by atoms with Gasteiger partial charge in [-0.2, -0.15) is 0 Å². The Kier molecular flexibility index (Phi) is 9.46. The highest BCUT2D eigenvalue weighted by atomic mass is 16.9. The highest BCUT2D eigenvalue weighted by Crippen LogP contribution is 2.04. The molecule has 0 fully saturated rings. The van der Waals surface area contributed by atoms with E-state index in [0.717, 1.165) is 0 Å². The number of rotatable bonds is 2. The molecule has 2 aromatic rings. The van der Waals surface area contributed by atoms with E-state index in [-0.39, 0.29) is 0 Å². The molecule has 116 valence electrons. The van der Waals surface area contributed by atoms with E-state index in [1.54, 1.807) is 0 Å². The summed E-state index contributed by atoms with van der Waals surface area (Å²) in [6.45, 7) is 0. The number of aromatic amines is 2. The molecule has 0 saturated carbocycles. The average molecular weight is 308 g/mol. The lowest BCUT2D eigenvalue weighted by Crippen LogP contribution is -1.97. The third-order valence-electron chi connectivity index (χ3n) is 1.96. The molecule has 0 aliphatic heterocycles. The maximum atomic E-state index is 8.25. The van der Waals surface area contributed by atoms with Crippen molar-refractivity contribution >= 4 is 12.2 Å². The first-order valence-electron chi connectivity index (χ1n) is 5.65. The van der Waals surface area contributed by atoms with Crippen LogP contribution in [-0.4, -0.2) is 10.2 Å². The largest absolute Gasteiger partial charge is 0.356 e. The van der Waals surface area contributed by atoms with Gasteiger partial charge >= 0.3 is 0 Å². The average Bonchev–Trinajstić information content (AvgIpc) is 2.46. The summed E-state index contributed by atoms with van der Waals surface area (Å²) in [6, 6.07) is 8.13. The summed E-state index contributed by atoms with van der Waals surface area (Å²) in [4.78, 5) is 22.5. The lowest BCUT2D eigenvalue weighted by molar-refractivity contribution is -0.403. The number of nitrogens with one attached hydrogen (secondary N) is 2. The molecule has 2 aromatic heterocycles. The minimum Gasteiger partial charge on any atom is -0.356 e. The van der Waals surface area contributed by atoms with Crippen LogP contribution in [0.2, 0.25) is 0 Å². The number of nitrogens with zero attached hydrogens (tertiary/aromatic N) is 2. The molecule has 10 nitrogen and oxygen atoms in total. The Labute approximate surface area is 124 Å². The summed E-state index contributed by atoms with van der Waals surface area (Å²) in [5, 5.41) is 29.5. The number of pyridine rings is 2. The predicted molar refractivity (Wildman–Crippen MR) is 75.6 cm³/mol. The molecule has 0 radical (unpaired) electrons. The van der Waals surface area contributed by atoms with Crippen molar-refractivity contribution in [1.29, 1.82) is 0 Å². The van der Waals surface area contributed by atoms with E-state index in [1.165, 1.54) is 11.1 Å². The van der Waals surface area contributed by atoms with Gasteiger partial charge in [-0.3, -0.25) is 0 Å². The van der Waals surface area contributed by atoms with Crippen LogP contribution in [0.3, 0.4) is 0 Å². The van der Waals surface area contributed by atoms with Gasteiger partial charge in [0.05, 0.1) is 10.2 Å². The zero-order chi connectivity index (χ0) is 16.8. The van der Waals surface area contributed by atoms with Gasteiger partial charge in [0.25, 0.3) is 0 Å². The lowest BCUT2D eigenvalue weighted by atomic mass is 10.2. The summed E-state index contributed by atoms with van der Waals surface area (Å²) in [7, 11) is 0. The van der Waals surface area contributed by atoms with Crippen molar-refractivity contribution in [3.63, 3.8) is 0 Å². The second-order valence-electron chi connectivity index (χ2n) is 3.45. The van der Waals surface area contributed by atoms with Crippen LogP contribution in [0, 0.1) is 30.6 Å². The van der Waals surface area contributed by atoms with Crippen LogP contribution in [0.15, 0.2) is 49.1 Å². The fourth-order valence-electron chi connectivity index (χ4n) is 1.21. The maximum Gasteiger partial charge on any atom is 0.167 e. The first-order valence-corrected chi connectivity index (χ1v) is 5.65. The van der Waals surface area contributed by atoms with E-state index in [9.17, 15) is 0 Å². The van der Waals surface area contributed by atoms with Crippen LogP contribution in [0.1, 0.15) is 11.1 Å². The van der Waals surface area contributed by atoms with Crippen molar-refractivity contribution in [3.8, 4) is 0 Å². The van der Waals surface area contributed by atoms with E-state index in [2.05, 4.69) is 22.1 Å². The molecular weight excluding hydrogens is 296 g/mol. The van der Waals surface area contributed by atoms with E-state index in [4.69, 9.17) is 30.6 Å². The minimum atomic E-state index is -1.75. The molecule has 0 atom stereocenters. The second-order valence-corrected chi connectivity index (χ2v) is 3.45. The van der Waals surface area contributed by atoms with Crippen LogP contribution in [0.5, 0.6) is 0 Å². The number of hydrogen-bond donors (Lipinski definition) is 0. The Bertz CT molecular complexity index is 530. The van der Waals surface area contributed by atoms with Crippen molar-refractivity contribution in [3.05, 3.63) is 90.8 Å². The molecule has 0 bridgehead atoms. The standard InChI is InChI=1S/C12H10N2.2NO3/c1(11-3-7-13-8-4-11)2-12-5-9-14-10-6-12;2*2-1(3)4/h1-10H;;/q;2*-1/p+2/b2-1+;;. The Morgan fingerprint density at radius 1 is 0.682 bits per heavy atom. The molecule has 0 aliphatic carbocycles. The molecule has 0 aliphatic rings. The van der Waals surface area contributed by atoms with Crippen LogP contribution in [0.4, 0.5) is 0 Å². The van der Waals surface area contributed by atoms with Crippen molar-refractivity contribution < 1.29 is 20.1 Å². The normalized spacial score (nSPS) is 8.91. The molecular formula is C12H12N4O6. The van der Waals surface area contributed by atoms with Gasteiger partial charge in [-0.05, 0) is 11.1 Å². The van der Waals surface area contributed by atoms with Gasteiger partial charge in [-0.15, -0.1) is 0 Å². The van der Waals surface area contributed by atoms with Crippen LogP contribution < -0.4 is 9.97 Å². The monoisotopic (exact) mass is 308 g/mol. The molecule has 2 N–H and O–H groups in total. The fourth-order valence-corrected chi connectivity index (χ4v) is 1.21. The summed E-state index contributed by atoms with van der Waals surface area (Å²) < 4.78 is 0. The zero-order valence-electron chi connectivity index (χ0n) is 11.1. The Morgan fingerprint density at radius 3 is 1.14 bits per heavy atom. The third-order valence-corrected chi connectivity index (χ3v) is 1.96. The zero-order valence-corrected chi connectivity index (χ0v) is 11.1. The third kappa shape index (κ3) is 12.9. The van der Waals surface area contributed by atoms with E-state index in [1.807, 2.05) is 49.1 Å². The summed E-state index contributed by atoms with van der Waals surface area (Å²) >= 11 is 0. The number of aromatic nitrogens is 2. The van der Waals surface area contributed by atoms with Crippen LogP contribution in [0.25, 0.3) is 12.2 Å². The van der Waals surface area contributed by atoms with Gasteiger partial charge in [-0.1, -0.05) is 12.2 Å². The Balaban J connectivity index is 0.000000464. The van der Waals surface area contributed by atoms with Gasteiger partial charge in [-0.25, -0.2) is 9.97 Å². The second kappa shape index (κ2) is 11.3. The highest BCUT2D eigenvalue weighted by molar-refractivity contribution is 5.68. The van der Waals surface area contributed by atoms with Gasteiger partial charge in [0, 0.05) is 24.3 Å². The van der Waals surface area contributed by atoms with Crippen LogP contribution in [-0.2, 0) is 0 Å². The first-order chi connectivity index (χ1) is 10.4. The first kappa shape index (κ1) is 18.4. The maximum absolute atomic E-state index is 8.25. The fraction of sp³-hybridized carbons (Fsp3) is 0. The Morgan fingerprint density at radius 2 is 0.909 bits per heavy atom. The molecule has 0 amide bonds. The molecule has 22 heavy (non-hydrogen) atoms. The number of H-pyrrole nitrogens is 2. The van der Waals surface area contributed by atoms with Gasteiger partial charge in [0.1, 0.15) is 0 Å². The van der Waals surface area contributed by atoms with Gasteiger partial charge in [0.15, 0.2) is 24.8 Å². The molecule has 0 unspecified atom stereocenters. The van der Waals surface area contributed by atoms with Crippen molar-refractivity contribution in [1.82, 2.24) is 0 Å². The molecule has 10 heteroatoms. The molecule has 2 rings (SSSR count). The van der Waals surface area contributed by atoms with Crippen molar-refractivity contribution in [2.45, 2.75) is 0 Å². The summed E-state index contributed by atoms with van der Waals surface area (Å²) in [5.74, 6) is 0. The predicted octanol–water partition coefficient (Wildman–Crippen LogP) is 1.01. The van der Waals surface area contributed by atoms with Crippen molar-refractivity contribution in [2.24, 2.45) is 0 Å². The highest BCUT2D eigenvalue weighted by Gasteiger charge is 1.89. The summed E-state index contributed by atoms with van der Waals surface area (Å²) in [6.07, 6.45) is 11.8. The molecule has 0 aromatic carbocycles. The SMILES string of the molecule is C(=C\c1cc[nH+]cc1)/c1cc[nH+]cc1.O=[N+]([O-])[O-].O=[N+]([O-])[O-]. The molecule has 0 saturated heterocycles. The Hall–Kier alpha value is -3.56. The molecule has 0 spiro atoms. The quantitative estimate of drug-likeness (QED) is 0.593. The van der Waals surface area contributed by atoms with E-state index in [0.29, 0.717) is 0 Å². The molecule has 2 heterocycles. The lowest BCUT2D eigenvalue weighted by Gasteiger charge is -1.88. The van der Waals surface area contributed by atoms with Crippen molar-refractivity contribution in [2.75, 3.05) is 0 Å². The smallest absolute Gasteiger partial charge is 0.167 e. The van der Waals surface area contributed by atoms with Gasteiger partial charge < -0.3 is 30.6 Å². The topological polar surface area (TPSA) is 161 Å². The van der Waals surface area contributed by atoms with Crippen LogP contribution >= 0.6 is 0 Å². The van der Waals surface area contributed by atoms with E-state index < -0.39 is 10.2 Å².